The molecule has 0 bridgehead atoms. The van der Waals surface area contributed by atoms with Crippen molar-refractivity contribution in [3.63, 3.8) is 0 Å². The van der Waals surface area contributed by atoms with E-state index >= 15 is 0 Å². The smallest absolute Gasteiger partial charge is 0.255 e. The van der Waals surface area contributed by atoms with E-state index in [-0.39, 0.29) is 5.91 Å². The number of aromatic nitrogens is 5. The van der Waals surface area contributed by atoms with Crippen LogP contribution in [0.25, 0.3) is 5.78 Å². The highest BCUT2D eigenvalue weighted by Gasteiger charge is 2.24. The van der Waals surface area contributed by atoms with Crippen LogP contribution in [0, 0.1) is 6.92 Å². The van der Waals surface area contributed by atoms with Gasteiger partial charge in [0.1, 0.15) is 18.0 Å². The number of pyridine rings is 1. The van der Waals surface area contributed by atoms with Crippen molar-refractivity contribution >= 4 is 23.3 Å². The number of anilines is 2. The number of carbonyl (C=O) groups is 1. The summed E-state index contributed by atoms with van der Waals surface area (Å²) in [5, 5.41) is 4.28. The summed E-state index contributed by atoms with van der Waals surface area (Å²) in [6, 6.07) is 5.81. The number of nitrogens with zero attached hydrogens (tertiary/aromatic N) is 8. The van der Waals surface area contributed by atoms with E-state index in [0.717, 1.165) is 43.5 Å². The van der Waals surface area contributed by atoms with Gasteiger partial charge in [0, 0.05) is 57.2 Å². The summed E-state index contributed by atoms with van der Waals surface area (Å²) < 4.78 is 1.75. The van der Waals surface area contributed by atoms with Gasteiger partial charge < -0.3 is 14.7 Å². The molecule has 0 spiro atoms. The lowest BCUT2D eigenvalue weighted by molar-refractivity contribution is 0.0746. The van der Waals surface area contributed by atoms with Crippen LogP contribution in [0.15, 0.2) is 30.7 Å². The molecule has 1 amide bonds. The van der Waals surface area contributed by atoms with E-state index < -0.39 is 0 Å². The number of carbonyl (C=O) groups excluding carboxylic acids is 1. The molecule has 0 saturated carbocycles. The maximum Gasteiger partial charge on any atom is 0.255 e. The van der Waals surface area contributed by atoms with Crippen molar-refractivity contribution in [3.05, 3.63) is 42.0 Å². The predicted molar refractivity (Wildman–Crippen MR) is 111 cm³/mol. The normalized spacial score (nSPS) is 14.4. The van der Waals surface area contributed by atoms with Gasteiger partial charge in [0.15, 0.2) is 0 Å². The van der Waals surface area contributed by atoms with E-state index in [1.807, 2.05) is 30.0 Å². The number of hydrogen-bond donors (Lipinski definition) is 0. The van der Waals surface area contributed by atoms with E-state index in [4.69, 9.17) is 0 Å². The molecular formula is C20H26N8O. The van der Waals surface area contributed by atoms with Crippen molar-refractivity contribution in [3.8, 4) is 0 Å². The monoisotopic (exact) mass is 394 g/mol. The average molecular weight is 394 g/mol. The van der Waals surface area contributed by atoms with Crippen molar-refractivity contribution in [2.75, 3.05) is 49.1 Å². The molecule has 0 aromatic carbocycles. The van der Waals surface area contributed by atoms with Crippen LogP contribution in [0.2, 0.25) is 0 Å². The Kier molecular flexibility index (Phi) is 5.28. The highest BCUT2D eigenvalue weighted by Crippen LogP contribution is 2.19. The average Bonchev–Trinajstić information content (AvgIpc) is 3.22. The molecule has 3 aromatic rings. The molecule has 0 radical (unpaired) electrons. The molecule has 9 heteroatoms. The number of fused-ring (bicyclic) bond motifs is 1. The van der Waals surface area contributed by atoms with Crippen LogP contribution < -0.4 is 9.80 Å². The third kappa shape index (κ3) is 3.72. The minimum Gasteiger partial charge on any atom is -0.357 e. The van der Waals surface area contributed by atoms with Crippen LogP contribution in [0.4, 0.5) is 11.6 Å². The van der Waals surface area contributed by atoms with Gasteiger partial charge >= 0.3 is 0 Å². The van der Waals surface area contributed by atoms with Crippen LogP contribution in [-0.2, 0) is 0 Å². The summed E-state index contributed by atoms with van der Waals surface area (Å²) in [7, 11) is 0. The quantitative estimate of drug-likeness (QED) is 0.650. The lowest BCUT2D eigenvalue weighted by atomic mass is 10.2. The maximum absolute atomic E-state index is 12.9. The van der Waals surface area contributed by atoms with Gasteiger partial charge in [0.05, 0.1) is 5.56 Å². The Morgan fingerprint density at radius 3 is 2.52 bits per heavy atom. The topological polar surface area (TPSA) is 82.8 Å². The molecule has 9 nitrogen and oxygen atoms in total. The van der Waals surface area contributed by atoms with Crippen molar-refractivity contribution in [2.45, 2.75) is 20.8 Å². The first-order valence-corrected chi connectivity index (χ1v) is 10.0. The Hall–Kier alpha value is -3.23. The lowest BCUT2D eigenvalue weighted by Gasteiger charge is -2.36. The summed E-state index contributed by atoms with van der Waals surface area (Å²) in [5.74, 6) is 2.49. The molecule has 3 aromatic heterocycles. The summed E-state index contributed by atoms with van der Waals surface area (Å²) in [6.07, 6.45) is 3.20. The molecule has 1 fully saturated rings. The van der Waals surface area contributed by atoms with Crippen LogP contribution in [0.1, 0.15) is 29.9 Å². The third-order valence-corrected chi connectivity index (χ3v) is 5.33. The van der Waals surface area contributed by atoms with Crippen molar-refractivity contribution in [2.24, 2.45) is 0 Å². The first kappa shape index (κ1) is 19.1. The third-order valence-electron chi connectivity index (χ3n) is 5.33. The zero-order valence-corrected chi connectivity index (χ0v) is 17.1. The van der Waals surface area contributed by atoms with Gasteiger partial charge in [0.2, 0.25) is 0 Å². The lowest BCUT2D eigenvalue weighted by Crippen LogP contribution is -2.49. The van der Waals surface area contributed by atoms with E-state index in [2.05, 4.69) is 43.7 Å². The molecule has 0 atom stereocenters. The number of hydrogen-bond acceptors (Lipinski definition) is 7. The highest BCUT2D eigenvalue weighted by atomic mass is 16.2. The number of aryl methyl sites for hydroxylation is 1. The SMILES string of the molecule is CCN(CC)c1ccc(C(=O)N2CCN(c3cc(C)nc4ncnn34)CC2)cn1. The first-order chi connectivity index (χ1) is 14.1. The van der Waals surface area contributed by atoms with Gasteiger partial charge in [-0.1, -0.05) is 0 Å². The predicted octanol–water partition coefficient (Wildman–Crippen LogP) is 1.64. The van der Waals surface area contributed by atoms with E-state index in [9.17, 15) is 4.79 Å². The molecule has 0 aliphatic carbocycles. The second kappa shape index (κ2) is 8.02. The molecule has 0 unspecified atom stereocenters. The van der Waals surface area contributed by atoms with Crippen molar-refractivity contribution < 1.29 is 4.79 Å². The largest absolute Gasteiger partial charge is 0.357 e. The minimum atomic E-state index is 0.0278. The summed E-state index contributed by atoms with van der Waals surface area (Å²) in [4.78, 5) is 32.2. The number of piperazine rings is 1. The molecule has 1 aliphatic rings. The standard InChI is InChI=1S/C20H26N8O/c1-4-25(5-2)17-7-6-16(13-21-17)19(29)27-10-8-26(9-11-27)18-12-15(3)24-20-22-14-23-28(18)20/h6-7,12-14H,4-5,8-11H2,1-3H3. The molecule has 1 saturated heterocycles. The van der Waals surface area contributed by atoms with Gasteiger partial charge in [-0.15, -0.1) is 0 Å². The fourth-order valence-corrected chi connectivity index (χ4v) is 3.70. The Bertz CT molecular complexity index is 987. The Morgan fingerprint density at radius 1 is 1.10 bits per heavy atom. The second-order valence-electron chi connectivity index (χ2n) is 7.08. The van der Waals surface area contributed by atoms with Gasteiger partial charge in [-0.05, 0) is 32.9 Å². The number of rotatable bonds is 5. The van der Waals surface area contributed by atoms with E-state index in [1.165, 1.54) is 6.33 Å². The van der Waals surface area contributed by atoms with Gasteiger partial charge in [-0.25, -0.2) is 9.97 Å². The molecule has 4 rings (SSSR count). The Labute approximate surface area is 170 Å². The zero-order valence-electron chi connectivity index (χ0n) is 17.1. The molecule has 4 heterocycles. The van der Waals surface area contributed by atoms with Crippen LogP contribution in [0.3, 0.4) is 0 Å². The summed E-state index contributed by atoms with van der Waals surface area (Å²) in [5.41, 5.74) is 1.53. The summed E-state index contributed by atoms with van der Waals surface area (Å²) in [6.45, 7) is 10.7. The van der Waals surface area contributed by atoms with E-state index in [1.54, 1.807) is 10.7 Å². The Balaban J connectivity index is 1.44. The molecule has 1 aliphatic heterocycles. The first-order valence-electron chi connectivity index (χ1n) is 10.0. The number of amides is 1. The van der Waals surface area contributed by atoms with Gasteiger partial charge in [0.25, 0.3) is 11.7 Å². The fraction of sp³-hybridized carbons (Fsp3) is 0.450. The zero-order chi connectivity index (χ0) is 20.4. The highest BCUT2D eigenvalue weighted by molar-refractivity contribution is 5.94. The maximum atomic E-state index is 12.9. The van der Waals surface area contributed by atoms with Crippen molar-refractivity contribution in [1.82, 2.24) is 29.5 Å². The Morgan fingerprint density at radius 2 is 1.86 bits per heavy atom. The second-order valence-corrected chi connectivity index (χ2v) is 7.08. The fourth-order valence-electron chi connectivity index (χ4n) is 3.70. The van der Waals surface area contributed by atoms with Crippen LogP contribution in [-0.4, -0.2) is 74.6 Å². The molecular weight excluding hydrogens is 368 g/mol. The molecule has 29 heavy (non-hydrogen) atoms. The van der Waals surface area contributed by atoms with Crippen molar-refractivity contribution in [1.29, 1.82) is 0 Å². The van der Waals surface area contributed by atoms with Gasteiger partial charge in [-0.3, -0.25) is 4.79 Å². The molecule has 152 valence electrons. The molecule has 0 N–H and O–H groups in total. The summed E-state index contributed by atoms with van der Waals surface area (Å²) >= 11 is 0. The van der Waals surface area contributed by atoms with Crippen LogP contribution >= 0.6 is 0 Å². The van der Waals surface area contributed by atoms with E-state index in [0.29, 0.717) is 24.4 Å². The minimum absolute atomic E-state index is 0.0278. The van der Waals surface area contributed by atoms with Gasteiger partial charge in [-0.2, -0.15) is 14.6 Å². The van der Waals surface area contributed by atoms with Crippen LogP contribution in [0.5, 0.6) is 0 Å².